The Bertz CT molecular complexity index is 962. The van der Waals surface area contributed by atoms with E-state index in [1.807, 2.05) is 27.0 Å². The van der Waals surface area contributed by atoms with Crippen LogP contribution in [0.2, 0.25) is 0 Å². The lowest BCUT2D eigenvalue weighted by Crippen LogP contribution is -2.67. The van der Waals surface area contributed by atoms with E-state index in [2.05, 4.69) is 46.8 Å². The van der Waals surface area contributed by atoms with E-state index in [-0.39, 0.29) is 11.6 Å². The van der Waals surface area contributed by atoms with Crippen molar-refractivity contribution in [3.05, 3.63) is 30.1 Å². The Morgan fingerprint density at radius 1 is 1.10 bits per heavy atom. The Labute approximate surface area is 177 Å². The van der Waals surface area contributed by atoms with Crippen molar-refractivity contribution in [3.8, 4) is 0 Å². The third kappa shape index (κ3) is 2.94. The highest BCUT2D eigenvalue weighted by Gasteiger charge is 2.55. The van der Waals surface area contributed by atoms with Crippen LogP contribution in [0.1, 0.15) is 75.7 Å². The van der Waals surface area contributed by atoms with Crippen LogP contribution in [-0.4, -0.2) is 66.6 Å². The minimum Gasteiger partial charge on any atom is -0.323 e. The van der Waals surface area contributed by atoms with E-state index in [0.29, 0.717) is 23.3 Å². The van der Waals surface area contributed by atoms with Gasteiger partial charge in [-0.3, -0.25) is 4.68 Å². The molecule has 2 aliphatic heterocycles. The predicted octanol–water partition coefficient (Wildman–Crippen LogP) is 2.96. The predicted molar refractivity (Wildman–Crippen MR) is 111 cm³/mol. The number of rotatable bonds is 3. The van der Waals surface area contributed by atoms with E-state index in [4.69, 9.17) is 0 Å². The van der Waals surface area contributed by atoms with Crippen molar-refractivity contribution in [1.82, 2.24) is 34.3 Å². The van der Waals surface area contributed by atoms with Gasteiger partial charge < -0.3 is 9.80 Å². The molecule has 0 aromatic carbocycles. The van der Waals surface area contributed by atoms with E-state index in [1.165, 1.54) is 18.4 Å². The second kappa shape index (κ2) is 6.08. The Kier molecular flexibility index (Phi) is 3.73. The van der Waals surface area contributed by atoms with Gasteiger partial charge in [0.2, 0.25) is 0 Å². The zero-order valence-corrected chi connectivity index (χ0v) is 18.2. The summed E-state index contributed by atoms with van der Waals surface area (Å²) in [6.07, 6.45) is 10.7. The molecule has 6 rings (SSSR count). The first-order valence-electron chi connectivity index (χ1n) is 11.3. The lowest BCUT2D eigenvalue weighted by Gasteiger charge is -2.60. The van der Waals surface area contributed by atoms with Crippen LogP contribution in [0.25, 0.3) is 0 Å². The Morgan fingerprint density at radius 2 is 1.83 bits per heavy atom. The van der Waals surface area contributed by atoms with Crippen LogP contribution in [0, 0.1) is 5.41 Å². The molecule has 30 heavy (non-hydrogen) atoms. The molecule has 2 aliphatic carbocycles. The van der Waals surface area contributed by atoms with Crippen molar-refractivity contribution in [2.45, 2.75) is 69.9 Å². The number of amides is 2. The standard InChI is InChI=1S/C22H31N7O/c1-21(2,3)29-11-16(8-24-29)17-9-26(10-17)20(30)27-12-22(13-27)6-18(7-22)28-14-23-19(25-28)15-4-5-15/h8,11,14-15,17-18H,4-7,9-10,12-13H2,1-3H3. The van der Waals surface area contributed by atoms with Crippen LogP contribution in [0.4, 0.5) is 4.79 Å². The minimum atomic E-state index is -0.00418. The van der Waals surface area contributed by atoms with Crippen LogP contribution in [0.5, 0.6) is 0 Å². The molecule has 2 aromatic heterocycles. The molecule has 2 saturated carbocycles. The Balaban J connectivity index is 0.978. The van der Waals surface area contributed by atoms with E-state index < -0.39 is 0 Å². The zero-order valence-electron chi connectivity index (χ0n) is 18.2. The zero-order chi connectivity index (χ0) is 20.7. The topological polar surface area (TPSA) is 72.1 Å². The SMILES string of the molecule is CC(C)(C)n1cc(C2CN(C(=O)N3CC4(CC(n5cnc(C6CC6)n5)C4)C3)C2)cn1. The summed E-state index contributed by atoms with van der Waals surface area (Å²) in [5.41, 5.74) is 1.56. The lowest BCUT2D eigenvalue weighted by molar-refractivity contribution is -0.0771. The lowest BCUT2D eigenvalue weighted by atomic mass is 9.61. The number of hydrogen-bond acceptors (Lipinski definition) is 4. The molecule has 2 saturated heterocycles. The highest BCUT2D eigenvalue weighted by molar-refractivity contribution is 5.77. The maximum atomic E-state index is 12.8. The molecule has 0 atom stereocenters. The van der Waals surface area contributed by atoms with Crippen molar-refractivity contribution < 1.29 is 4.79 Å². The van der Waals surface area contributed by atoms with Gasteiger partial charge >= 0.3 is 6.03 Å². The molecular weight excluding hydrogens is 378 g/mol. The van der Waals surface area contributed by atoms with Crippen LogP contribution < -0.4 is 0 Å². The van der Waals surface area contributed by atoms with Crippen molar-refractivity contribution in [2.24, 2.45) is 5.41 Å². The van der Waals surface area contributed by atoms with Gasteiger partial charge in [0.05, 0.1) is 17.8 Å². The number of aromatic nitrogens is 5. The largest absolute Gasteiger partial charge is 0.323 e. The molecule has 0 radical (unpaired) electrons. The second-order valence-electron chi connectivity index (χ2n) is 11.0. The Hall–Kier alpha value is -2.38. The molecule has 8 nitrogen and oxygen atoms in total. The number of likely N-dealkylation sites (tertiary alicyclic amines) is 2. The third-order valence-electron chi connectivity index (χ3n) is 7.42. The van der Waals surface area contributed by atoms with Gasteiger partial charge in [-0.15, -0.1) is 0 Å². The highest BCUT2D eigenvalue weighted by atomic mass is 16.2. The summed E-state index contributed by atoms with van der Waals surface area (Å²) < 4.78 is 4.09. The van der Waals surface area contributed by atoms with Gasteiger partial charge in [0.15, 0.2) is 5.82 Å². The molecule has 0 unspecified atom stereocenters. The number of urea groups is 1. The third-order valence-corrected chi connectivity index (χ3v) is 7.42. The molecule has 0 bridgehead atoms. The molecule has 0 N–H and O–H groups in total. The molecule has 8 heteroatoms. The molecule has 4 heterocycles. The maximum Gasteiger partial charge on any atom is 0.320 e. The number of carbonyl (C=O) groups is 1. The fourth-order valence-electron chi connectivity index (χ4n) is 5.24. The molecule has 2 aromatic rings. The summed E-state index contributed by atoms with van der Waals surface area (Å²) in [4.78, 5) is 21.3. The average Bonchev–Trinajstić information content (AvgIpc) is 3.10. The van der Waals surface area contributed by atoms with Crippen molar-refractivity contribution in [1.29, 1.82) is 0 Å². The number of nitrogens with zero attached hydrogens (tertiary/aromatic N) is 7. The highest BCUT2D eigenvalue weighted by Crippen LogP contribution is 2.54. The maximum absolute atomic E-state index is 12.8. The van der Waals surface area contributed by atoms with Crippen molar-refractivity contribution in [2.75, 3.05) is 26.2 Å². The van der Waals surface area contributed by atoms with Crippen LogP contribution in [0.15, 0.2) is 18.7 Å². The normalized spacial score (nSPS) is 24.0. The second-order valence-corrected chi connectivity index (χ2v) is 11.0. The van der Waals surface area contributed by atoms with Gasteiger partial charge in [-0.2, -0.15) is 10.2 Å². The molecule has 2 amide bonds. The van der Waals surface area contributed by atoms with E-state index >= 15 is 0 Å². The van der Waals surface area contributed by atoms with Gasteiger partial charge in [0.25, 0.3) is 0 Å². The molecular formula is C22H31N7O. The van der Waals surface area contributed by atoms with Crippen LogP contribution >= 0.6 is 0 Å². The summed E-state index contributed by atoms with van der Waals surface area (Å²) in [6.45, 7) is 9.87. The van der Waals surface area contributed by atoms with Crippen LogP contribution in [-0.2, 0) is 5.54 Å². The summed E-state index contributed by atoms with van der Waals surface area (Å²) in [7, 11) is 0. The van der Waals surface area contributed by atoms with E-state index in [9.17, 15) is 4.79 Å². The molecule has 160 valence electrons. The molecule has 1 spiro atoms. The van der Waals surface area contributed by atoms with E-state index in [0.717, 1.165) is 44.8 Å². The van der Waals surface area contributed by atoms with Gasteiger partial charge in [-0.25, -0.2) is 14.5 Å². The summed E-state index contributed by atoms with van der Waals surface area (Å²) >= 11 is 0. The van der Waals surface area contributed by atoms with Gasteiger partial charge in [0, 0.05) is 49.6 Å². The monoisotopic (exact) mass is 409 g/mol. The summed E-state index contributed by atoms with van der Waals surface area (Å²) in [6, 6.07) is 0.676. The average molecular weight is 410 g/mol. The summed E-state index contributed by atoms with van der Waals surface area (Å²) in [5.74, 6) is 2.06. The summed E-state index contributed by atoms with van der Waals surface area (Å²) in [5, 5.41) is 9.19. The molecule has 4 fully saturated rings. The fourth-order valence-corrected chi connectivity index (χ4v) is 5.24. The van der Waals surface area contributed by atoms with Gasteiger partial charge in [-0.05, 0) is 52.0 Å². The first-order valence-corrected chi connectivity index (χ1v) is 11.3. The first-order chi connectivity index (χ1) is 14.3. The smallest absolute Gasteiger partial charge is 0.320 e. The van der Waals surface area contributed by atoms with Crippen molar-refractivity contribution >= 4 is 6.03 Å². The quantitative estimate of drug-likeness (QED) is 0.781. The van der Waals surface area contributed by atoms with Gasteiger partial charge in [-0.1, -0.05) is 0 Å². The Morgan fingerprint density at radius 3 is 2.47 bits per heavy atom. The first kappa shape index (κ1) is 18.4. The van der Waals surface area contributed by atoms with Crippen molar-refractivity contribution in [3.63, 3.8) is 0 Å². The van der Waals surface area contributed by atoms with Crippen LogP contribution in [0.3, 0.4) is 0 Å². The number of hydrogen-bond donors (Lipinski definition) is 0. The molecule has 4 aliphatic rings. The number of carbonyl (C=O) groups excluding carboxylic acids is 1. The van der Waals surface area contributed by atoms with E-state index in [1.54, 1.807) is 0 Å². The minimum absolute atomic E-state index is 0.00418. The van der Waals surface area contributed by atoms with Gasteiger partial charge in [0.1, 0.15) is 6.33 Å². The fraction of sp³-hybridized carbons (Fsp3) is 0.727.